The number of hydrogen-bond acceptors (Lipinski definition) is 2. The number of anilines is 2. The smallest absolute Gasteiger partial charge is 0.269 e. The molecule has 7 aromatic carbocycles. The highest BCUT2D eigenvalue weighted by Gasteiger charge is 2.40. The third-order valence-corrected chi connectivity index (χ3v) is 11.6. The Morgan fingerprint density at radius 2 is 0.940 bits per heavy atom. The number of rotatable bonds is 4. The fourth-order valence-corrected chi connectivity index (χ4v) is 9.41. The maximum atomic E-state index is 14.3. The lowest BCUT2D eigenvalue weighted by atomic mass is 10.0. The van der Waals surface area contributed by atoms with Gasteiger partial charge >= 0.3 is 0 Å². The second kappa shape index (κ2) is 10.8. The zero-order valence-corrected chi connectivity index (χ0v) is 27.6. The average molecular weight is 664 g/mol. The minimum absolute atomic E-state index is 0.292. The molecule has 0 N–H and O–H groups in total. The molecular weight excluding hydrogens is 635 g/mol. The van der Waals surface area contributed by atoms with Crippen molar-refractivity contribution in [3.05, 3.63) is 176 Å². The first-order valence-electron chi connectivity index (χ1n) is 16.6. The molecule has 0 spiro atoms. The van der Waals surface area contributed by atoms with E-state index in [1.165, 1.54) is 26.1 Å². The minimum Gasteiger partial charge on any atom is -0.309 e. The Balaban J connectivity index is 1.16. The molecule has 1 aliphatic heterocycles. The standard InChI is InChI=1S/C44H29N3O2S/c48-50(49)42-22-12-9-19-37(42)43-44(47(50)34-15-5-2-6-16-34)36-18-8-11-21-40(36)46(43)33-26-23-30(24-27-33)31-25-28-41-38(29-31)35-17-7-10-20-39(35)45(41)32-13-3-1-4-14-32/h1-29H. The molecular formula is C44H29N3O2S. The molecule has 6 heteroatoms. The molecule has 0 aliphatic carbocycles. The van der Waals surface area contributed by atoms with E-state index in [0.29, 0.717) is 21.8 Å². The zero-order chi connectivity index (χ0) is 33.4. The molecule has 0 bridgehead atoms. The van der Waals surface area contributed by atoms with E-state index in [4.69, 9.17) is 0 Å². The van der Waals surface area contributed by atoms with Crippen molar-refractivity contribution < 1.29 is 8.42 Å². The van der Waals surface area contributed by atoms with Gasteiger partial charge in [0, 0.05) is 33.1 Å². The lowest BCUT2D eigenvalue weighted by Gasteiger charge is -2.31. The van der Waals surface area contributed by atoms with Gasteiger partial charge in [-0.3, -0.25) is 0 Å². The third kappa shape index (κ3) is 4.09. The largest absolute Gasteiger partial charge is 0.309 e. The van der Waals surface area contributed by atoms with Crippen LogP contribution in [0.5, 0.6) is 0 Å². The topological polar surface area (TPSA) is 47.2 Å². The summed E-state index contributed by atoms with van der Waals surface area (Å²) in [7, 11) is -3.88. The van der Waals surface area contributed by atoms with Crippen LogP contribution in [0.1, 0.15) is 0 Å². The van der Waals surface area contributed by atoms with E-state index in [0.717, 1.165) is 39.1 Å². The normalized spacial score (nSPS) is 13.5. The highest BCUT2D eigenvalue weighted by molar-refractivity contribution is 7.93. The number of nitrogens with zero attached hydrogens (tertiary/aromatic N) is 3. The van der Waals surface area contributed by atoms with E-state index in [-0.39, 0.29) is 0 Å². The summed E-state index contributed by atoms with van der Waals surface area (Å²) >= 11 is 0. The van der Waals surface area contributed by atoms with E-state index >= 15 is 0 Å². The van der Waals surface area contributed by atoms with Crippen molar-refractivity contribution >= 4 is 54.1 Å². The molecule has 0 unspecified atom stereocenters. The Kier molecular flexibility index (Phi) is 6.19. The average Bonchev–Trinajstić information content (AvgIpc) is 3.69. The van der Waals surface area contributed by atoms with Gasteiger partial charge in [-0.05, 0) is 77.9 Å². The van der Waals surface area contributed by atoms with Gasteiger partial charge in [-0.2, -0.15) is 0 Å². The molecule has 238 valence electrons. The molecule has 10 rings (SSSR count). The van der Waals surface area contributed by atoms with E-state index in [2.05, 4.69) is 106 Å². The van der Waals surface area contributed by atoms with Crippen LogP contribution in [0.15, 0.2) is 181 Å². The maximum absolute atomic E-state index is 14.3. The number of para-hydroxylation sites is 4. The van der Waals surface area contributed by atoms with Crippen LogP contribution < -0.4 is 4.31 Å². The summed E-state index contributed by atoms with van der Waals surface area (Å²) in [6.07, 6.45) is 0. The fourth-order valence-electron chi connectivity index (χ4n) is 7.69. The van der Waals surface area contributed by atoms with E-state index in [1.54, 1.807) is 12.1 Å². The van der Waals surface area contributed by atoms with Gasteiger partial charge in [0.15, 0.2) is 0 Å². The molecule has 0 amide bonds. The molecule has 50 heavy (non-hydrogen) atoms. The Hall–Kier alpha value is -6.37. The SMILES string of the molecule is O=S1(=O)c2ccccc2-c2c(c3ccccc3n2-c2ccc(-c3ccc4c(c3)c3ccccc3n4-c3ccccc3)cc2)N1c1ccccc1. The molecule has 1 aliphatic rings. The van der Waals surface area contributed by atoms with Crippen molar-refractivity contribution in [1.82, 2.24) is 9.13 Å². The van der Waals surface area contributed by atoms with Crippen molar-refractivity contribution in [2.45, 2.75) is 4.90 Å². The van der Waals surface area contributed by atoms with Crippen LogP contribution in [0.3, 0.4) is 0 Å². The summed E-state index contributed by atoms with van der Waals surface area (Å²) in [5, 5.41) is 3.29. The highest BCUT2D eigenvalue weighted by atomic mass is 32.2. The van der Waals surface area contributed by atoms with Crippen molar-refractivity contribution in [3.8, 4) is 33.8 Å². The summed E-state index contributed by atoms with van der Waals surface area (Å²) in [5.41, 5.74) is 10.4. The second-order valence-electron chi connectivity index (χ2n) is 12.6. The highest BCUT2D eigenvalue weighted by Crippen LogP contribution is 2.52. The molecule has 0 radical (unpaired) electrons. The molecule has 0 saturated heterocycles. The van der Waals surface area contributed by atoms with Crippen LogP contribution in [0.25, 0.3) is 66.5 Å². The van der Waals surface area contributed by atoms with Crippen LogP contribution in [0, 0.1) is 0 Å². The van der Waals surface area contributed by atoms with Crippen molar-refractivity contribution in [2.75, 3.05) is 4.31 Å². The third-order valence-electron chi connectivity index (χ3n) is 9.85. The van der Waals surface area contributed by atoms with Crippen LogP contribution in [-0.2, 0) is 10.0 Å². The Bertz CT molecular complexity index is 2870. The number of sulfonamides is 1. The minimum atomic E-state index is -3.88. The first kappa shape index (κ1) is 28.6. The molecule has 0 fully saturated rings. The van der Waals surface area contributed by atoms with Gasteiger partial charge in [0.1, 0.15) is 0 Å². The maximum Gasteiger partial charge on any atom is 0.269 e. The molecule has 3 heterocycles. The summed E-state index contributed by atoms with van der Waals surface area (Å²) in [4.78, 5) is 0.292. The number of hydrogen-bond donors (Lipinski definition) is 0. The van der Waals surface area contributed by atoms with Crippen LogP contribution in [-0.4, -0.2) is 17.6 Å². The predicted molar refractivity (Wildman–Crippen MR) is 204 cm³/mol. The summed E-state index contributed by atoms with van der Waals surface area (Å²) < 4.78 is 34.7. The van der Waals surface area contributed by atoms with Crippen LogP contribution in [0.2, 0.25) is 0 Å². The van der Waals surface area contributed by atoms with Gasteiger partial charge in [-0.1, -0.05) is 109 Å². The lowest BCUT2D eigenvalue weighted by Crippen LogP contribution is -2.30. The molecule has 0 saturated carbocycles. The van der Waals surface area contributed by atoms with Gasteiger partial charge in [0.25, 0.3) is 10.0 Å². The van der Waals surface area contributed by atoms with E-state index in [1.807, 2.05) is 66.7 Å². The Morgan fingerprint density at radius 3 is 1.68 bits per heavy atom. The van der Waals surface area contributed by atoms with E-state index in [9.17, 15) is 8.42 Å². The van der Waals surface area contributed by atoms with Gasteiger partial charge in [0.2, 0.25) is 0 Å². The van der Waals surface area contributed by atoms with Crippen LogP contribution >= 0.6 is 0 Å². The molecule has 9 aromatic rings. The first-order valence-corrected chi connectivity index (χ1v) is 18.1. The zero-order valence-electron chi connectivity index (χ0n) is 26.8. The van der Waals surface area contributed by atoms with Gasteiger partial charge in [-0.15, -0.1) is 0 Å². The number of aromatic nitrogens is 2. The Labute approximate surface area is 289 Å². The summed E-state index contributed by atoms with van der Waals surface area (Å²) in [6.45, 7) is 0. The van der Waals surface area contributed by atoms with Crippen molar-refractivity contribution in [2.24, 2.45) is 0 Å². The molecule has 5 nitrogen and oxygen atoms in total. The van der Waals surface area contributed by atoms with E-state index < -0.39 is 10.0 Å². The van der Waals surface area contributed by atoms with Crippen molar-refractivity contribution in [1.29, 1.82) is 0 Å². The predicted octanol–water partition coefficient (Wildman–Crippen LogP) is 10.9. The number of fused-ring (bicyclic) bond motifs is 8. The quantitative estimate of drug-likeness (QED) is 0.188. The first-order chi connectivity index (χ1) is 24.6. The summed E-state index contributed by atoms with van der Waals surface area (Å²) in [6, 6.07) is 59.1. The van der Waals surface area contributed by atoms with Gasteiger partial charge in [0.05, 0.1) is 38.5 Å². The summed E-state index contributed by atoms with van der Waals surface area (Å²) in [5.74, 6) is 0. The lowest BCUT2D eigenvalue weighted by molar-refractivity contribution is 0.595. The van der Waals surface area contributed by atoms with Gasteiger partial charge < -0.3 is 9.13 Å². The van der Waals surface area contributed by atoms with Crippen LogP contribution in [0.4, 0.5) is 11.4 Å². The second-order valence-corrected chi connectivity index (χ2v) is 14.4. The molecule has 2 aromatic heterocycles. The Morgan fingerprint density at radius 1 is 0.400 bits per heavy atom. The monoisotopic (exact) mass is 663 g/mol. The molecule has 0 atom stereocenters. The van der Waals surface area contributed by atoms with Gasteiger partial charge in [-0.25, -0.2) is 12.7 Å². The van der Waals surface area contributed by atoms with Crippen molar-refractivity contribution in [3.63, 3.8) is 0 Å². The fraction of sp³-hybridized carbons (Fsp3) is 0. The number of benzene rings is 7.